The van der Waals surface area contributed by atoms with Crippen LogP contribution >= 0.6 is 0 Å². The van der Waals surface area contributed by atoms with Gasteiger partial charge in [-0.2, -0.15) is 0 Å². The van der Waals surface area contributed by atoms with Crippen LogP contribution in [-0.4, -0.2) is 26.4 Å². The molecule has 1 N–H and O–H groups in total. The van der Waals surface area contributed by atoms with Gasteiger partial charge in [0.25, 0.3) is 0 Å². The number of phenols is 1. The minimum absolute atomic E-state index is 0.00951. The van der Waals surface area contributed by atoms with E-state index in [0.29, 0.717) is 11.5 Å². The van der Waals surface area contributed by atoms with Crippen LogP contribution in [0.3, 0.4) is 0 Å². The summed E-state index contributed by atoms with van der Waals surface area (Å²) in [7, 11) is 4.71. The molecule has 1 heterocycles. The van der Waals surface area contributed by atoms with E-state index in [1.165, 1.54) is 19.8 Å². The zero-order valence-electron chi connectivity index (χ0n) is 16.0. The number of aromatic hydroxyl groups is 1. The van der Waals surface area contributed by atoms with E-state index >= 15 is 0 Å². The molecule has 2 unspecified atom stereocenters. The molecule has 140 valence electrons. The summed E-state index contributed by atoms with van der Waals surface area (Å²) in [5.74, 6) is 2.41. The van der Waals surface area contributed by atoms with E-state index in [9.17, 15) is 5.11 Å². The number of rotatable bonds is 6. The molecule has 0 fully saturated rings. The topological polar surface area (TPSA) is 57.2 Å². The molecule has 0 saturated carbocycles. The van der Waals surface area contributed by atoms with Crippen LogP contribution in [0.15, 0.2) is 24.3 Å². The van der Waals surface area contributed by atoms with Crippen molar-refractivity contribution in [2.24, 2.45) is 0 Å². The van der Waals surface area contributed by atoms with E-state index in [-0.39, 0.29) is 17.8 Å². The average Bonchev–Trinajstić information content (AvgIpc) is 2.98. The molecular weight excluding hydrogens is 332 g/mol. The highest BCUT2D eigenvalue weighted by Crippen LogP contribution is 2.52. The molecule has 1 aliphatic rings. The Labute approximate surface area is 154 Å². The minimum Gasteiger partial charge on any atom is -0.502 e. The van der Waals surface area contributed by atoms with Gasteiger partial charge in [-0.15, -0.1) is 0 Å². The maximum absolute atomic E-state index is 10.2. The molecule has 2 aromatic rings. The van der Waals surface area contributed by atoms with Gasteiger partial charge in [-0.05, 0) is 30.2 Å². The fourth-order valence-corrected chi connectivity index (χ4v) is 3.56. The highest BCUT2D eigenvalue weighted by Gasteiger charge is 2.36. The third-order valence-corrected chi connectivity index (χ3v) is 4.92. The van der Waals surface area contributed by atoms with Crippen LogP contribution in [0.5, 0.6) is 28.7 Å². The molecule has 3 rings (SSSR count). The first-order chi connectivity index (χ1) is 12.5. The highest BCUT2D eigenvalue weighted by molar-refractivity contribution is 5.57. The van der Waals surface area contributed by atoms with Gasteiger partial charge in [-0.25, -0.2) is 0 Å². The summed E-state index contributed by atoms with van der Waals surface area (Å²) in [4.78, 5) is 0. The van der Waals surface area contributed by atoms with Crippen molar-refractivity contribution < 1.29 is 24.1 Å². The molecule has 0 radical (unpaired) electrons. The Kier molecular flexibility index (Phi) is 5.16. The number of methoxy groups -OCH3 is 3. The molecule has 0 aromatic heterocycles. The van der Waals surface area contributed by atoms with Crippen LogP contribution in [0.25, 0.3) is 0 Å². The van der Waals surface area contributed by atoms with Gasteiger partial charge < -0.3 is 24.1 Å². The number of ether oxygens (including phenoxy) is 4. The summed E-state index contributed by atoms with van der Waals surface area (Å²) in [5, 5.41) is 10.2. The Bertz CT molecular complexity index is 774. The van der Waals surface area contributed by atoms with Crippen LogP contribution in [0.2, 0.25) is 0 Å². The Morgan fingerprint density at radius 1 is 0.962 bits per heavy atom. The van der Waals surface area contributed by atoms with Crippen molar-refractivity contribution >= 4 is 0 Å². The fraction of sp³-hybridized carbons (Fsp3) is 0.429. The largest absolute Gasteiger partial charge is 0.502 e. The van der Waals surface area contributed by atoms with Gasteiger partial charge in [0, 0.05) is 17.0 Å². The summed E-state index contributed by atoms with van der Waals surface area (Å²) >= 11 is 0. The van der Waals surface area contributed by atoms with Gasteiger partial charge in [0.2, 0.25) is 5.75 Å². The predicted molar refractivity (Wildman–Crippen MR) is 100.0 cm³/mol. The quantitative estimate of drug-likeness (QED) is 0.817. The molecule has 2 aromatic carbocycles. The Morgan fingerprint density at radius 3 is 2.12 bits per heavy atom. The zero-order valence-corrected chi connectivity index (χ0v) is 16.0. The maximum atomic E-state index is 10.2. The van der Waals surface area contributed by atoms with Crippen molar-refractivity contribution in [3.63, 3.8) is 0 Å². The van der Waals surface area contributed by atoms with Crippen molar-refractivity contribution in [1.82, 2.24) is 0 Å². The van der Waals surface area contributed by atoms with E-state index < -0.39 is 0 Å². The van der Waals surface area contributed by atoms with Crippen molar-refractivity contribution in [2.45, 2.75) is 38.7 Å². The predicted octanol–water partition coefficient (Wildman–Crippen LogP) is 4.61. The monoisotopic (exact) mass is 358 g/mol. The molecule has 0 saturated heterocycles. The Hall–Kier alpha value is -2.56. The summed E-state index contributed by atoms with van der Waals surface area (Å²) in [6.45, 7) is 4.30. The van der Waals surface area contributed by atoms with Crippen LogP contribution in [0.4, 0.5) is 0 Å². The fourth-order valence-electron chi connectivity index (χ4n) is 3.56. The van der Waals surface area contributed by atoms with E-state index in [1.54, 1.807) is 19.2 Å². The first-order valence-electron chi connectivity index (χ1n) is 8.86. The number of benzene rings is 2. The molecule has 0 bridgehead atoms. The van der Waals surface area contributed by atoms with E-state index in [4.69, 9.17) is 18.9 Å². The molecule has 5 nitrogen and oxygen atoms in total. The molecule has 0 aliphatic carbocycles. The average molecular weight is 358 g/mol. The van der Waals surface area contributed by atoms with Crippen molar-refractivity contribution in [1.29, 1.82) is 0 Å². The van der Waals surface area contributed by atoms with E-state index in [0.717, 1.165) is 35.5 Å². The number of fused-ring (bicyclic) bond motifs is 1. The van der Waals surface area contributed by atoms with Crippen LogP contribution in [0, 0.1) is 0 Å². The van der Waals surface area contributed by atoms with Gasteiger partial charge in [0.05, 0.1) is 21.3 Å². The normalized spacial score (nSPS) is 18.2. The standard InChI is InChI=1S/C21H26O5/c1-6-7-13-8-15-12(2)20(26-21(15)18(9-13)25-5)14-10-16(23-3)19(22)17(11-14)24-4/h8-12,20,22H,6-7H2,1-5H3. The first kappa shape index (κ1) is 18.2. The van der Waals surface area contributed by atoms with Gasteiger partial charge in [0.1, 0.15) is 6.10 Å². The van der Waals surface area contributed by atoms with E-state index in [2.05, 4.69) is 26.0 Å². The number of hydrogen-bond acceptors (Lipinski definition) is 5. The lowest BCUT2D eigenvalue weighted by Crippen LogP contribution is -2.08. The Balaban J connectivity index is 2.04. The van der Waals surface area contributed by atoms with Crippen molar-refractivity contribution in [3.8, 4) is 28.7 Å². The van der Waals surface area contributed by atoms with Gasteiger partial charge >= 0.3 is 0 Å². The smallest absolute Gasteiger partial charge is 0.200 e. The molecule has 0 amide bonds. The van der Waals surface area contributed by atoms with Gasteiger partial charge in [-0.1, -0.05) is 26.3 Å². The van der Waals surface area contributed by atoms with Gasteiger partial charge in [-0.3, -0.25) is 0 Å². The van der Waals surface area contributed by atoms with Gasteiger partial charge in [0.15, 0.2) is 23.0 Å². The second-order valence-electron chi connectivity index (χ2n) is 6.57. The first-order valence-corrected chi connectivity index (χ1v) is 8.86. The molecule has 2 atom stereocenters. The molecule has 26 heavy (non-hydrogen) atoms. The van der Waals surface area contributed by atoms with Crippen LogP contribution < -0.4 is 18.9 Å². The zero-order chi connectivity index (χ0) is 18.8. The number of aryl methyl sites for hydroxylation is 1. The molecule has 5 heteroatoms. The highest BCUT2D eigenvalue weighted by atomic mass is 16.5. The maximum Gasteiger partial charge on any atom is 0.200 e. The molecular formula is C21H26O5. The lowest BCUT2D eigenvalue weighted by atomic mass is 9.91. The van der Waals surface area contributed by atoms with Crippen molar-refractivity contribution in [3.05, 3.63) is 41.0 Å². The molecule has 1 aliphatic heterocycles. The summed E-state index contributed by atoms with van der Waals surface area (Å²) in [5.41, 5.74) is 3.28. The van der Waals surface area contributed by atoms with Crippen molar-refractivity contribution in [2.75, 3.05) is 21.3 Å². The third-order valence-electron chi connectivity index (χ3n) is 4.92. The second-order valence-corrected chi connectivity index (χ2v) is 6.57. The number of phenolic OH excluding ortho intramolecular Hbond substituents is 1. The summed E-state index contributed by atoms with van der Waals surface area (Å²) in [6.07, 6.45) is 1.87. The third kappa shape index (κ3) is 3.02. The minimum atomic E-state index is -0.209. The van der Waals surface area contributed by atoms with Crippen LogP contribution in [-0.2, 0) is 6.42 Å². The summed E-state index contributed by atoms with van der Waals surface area (Å²) in [6, 6.07) is 7.85. The van der Waals surface area contributed by atoms with E-state index in [1.807, 2.05) is 0 Å². The lowest BCUT2D eigenvalue weighted by molar-refractivity contribution is 0.207. The lowest BCUT2D eigenvalue weighted by Gasteiger charge is -2.18. The summed E-state index contributed by atoms with van der Waals surface area (Å²) < 4.78 is 22.4. The Morgan fingerprint density at radius 2 is 1.58 bits per heavy atom. The molecule has 0 spiro atoms. The second kappa shape index (κ2) is 7.36. The number of hydrogen-bond donors (Lipinski definition) is 1. The van der Waals surface area contributed by atoms with Crippen LogP contribution in [0.1, 0.15) is 49.0 Å². The SMILES string of the molecule is CCCc1cc(OC)c2c(c1)C(C)C(c1cc(OC)c(O)c(OC)c1)O2.